The Hall–Kier alpha value is -1.31. The first-order chi connectivity index (χ1) is 8.49. The maximum atomic E-state index is 12.3. The molecular formula is C15H12Cl2O. The number of hydrogen-bond acceptors (Lipinski definition) is 1. The number of rotatable bonds is 2. The summed E-state index contributed by atoms with van der Waals surface area (Å²) in [6.07, 6.45) is 0. The van der Waals surface area contributed by atoms with Crippen LogP contribution in [0.15, 0.2) is 36.4 Å². The molecule has 0 unspecified atom stereocenters. The van der Waals surface area contributed by atoms with Gasteiger partial charge in [-0.2, -0.15) is 0 Å². The van der Waals surface area contributed by atoms with Gasteiger partial charge in [-0.05, 0) is 61.4 Å². The van der Waals surface area contributed by atoms with Gasteiger partial charge in [0.15, 0.2) is 5.78 Å². The van der Waals surface area contributed by atoms with Crippen LogP contribution in [0.5, 0.6) is 0 Å². The van der Waals surface area contributed by atoms with E-state index in [9.17, 15) is 4.79 Å². The molecule has 0 saturated heterocycles. The largest absolute Gasteiger partial charge is 0.289 e. The van der Waals surface area contributed by atoms with Crippen molar-refractivity contribution in [3.05, 3.63) is 68.7 Å². The molecule has 0 amide bonds. The Bertz CT molecular complexity index is 601. The standard InChI is InChI=1S/C15H12Cl2O/c1-9-7-13(14(17)8-10(9)2)15(18)11-3-5-12(16)6-4-11/h3-8H,1-2H3. The van der Waals surface area contributed by atoms with Crippen molar-refractivity contribution in [3.8, 4) is 0 Å². The second kappa shape index (κ2) is 5.13. The van der Waals surface area contributed by atoms with E-state index >= 15 is 0 Å². The van der Waals surface area contributed by atoms with Crippen LogP contribution in [0.25, 0.3) is 0 Å². The van der Waals surface area contributed by atoms with Gasteiger partial charge in [-0.15, -0.1) is 0 Å². The Labute approximate surface area is 116 Å². The van der Waals surface area contributed by atoms with E-state index in [-0.39, 0.29) is 5.78 Å². The molecule has 1 nitrogen and oxygen atoms in total. The zero-order valence-corrected chi connectivity index (χ0v) is 11.6. The SMILES string of the molecule is Cc1cc(Cl)c(C(=O)c2ccc(Cl)cc2)cc1C. The first-order valence-electron chi connectivity index (χ1n) is 5.56. The van der Waals surface area contributed by atoms with E-state index in [4.69, 9.17) is 23.2 Å². The van der Waals surface area contributed by atoms with Crippen molar-refractivity contribution >= 4 is 29.0 Å². The third-order valence-corrected chi connectivity index (χ3v) is 3.50. The molecule has 0 fully saturated rings. The molecule has 0 spiro atoms. The third kappa shape index (κ3) is 2.58. The van der Waals surface area contributed by atoms with E-state index in [1.165, 1.54) is 0 Å². The highest BCUT2D eigenvalue weighted by Crippen LogP contribution is 2.24. The summed E-state index contributed by atoms with van der Waals surface area (Å²) in [6.45, 7) is 3.93. The Morgan fingerprint density at radius 1 is 0.944 bits per heavy atom. The van der Waals surface area contributed by atoms with E-state index in [0.29, 0.717) is 21.2 Å². The molecule has 2 aromatic carbocycles. The molecule has 0 saturated carbocycles. The highest BCUT2D eigenvalue weighted by molar-refractivity contribution is 6.35. The fraction of sp³-hybridized carbons (Fsp3) is 0.133. The van der Waals surface area contributed by atoms with Crippen LogP contribution in [0.3, 0.4) is 0 Å². The predicted molar refractivity (Wildman–Crippen MR) is 75.8 cm³/mol. The summed E-state index contributed by atoms with van der Waals surface area (Å²) in [6, 6.07) is 10.5. The van der Waals surface area contributed by atoms with Crippen LogP contribution in [0.1, 0.15) is 27.0 Å². The summed E-state index contributed by atoms with van der Waals surface area (Å²) in [5, 5.41) is 1.09. The Morgan fingerprint density at radius 3 is 2.11 bits per heavy atom. The molecule has 0 aliphatic rings. The second-order valence-electron chi connectivity index (χ2n) is 4.25. The van der Waals surface area contributed by atoms with Crippen LogP contribution in [0.4, 0.5) is 0 Å². The van der Waals surface area contributed by atoms with Crippen LogP contribution in [0.2, 0.25) is 10.0 Å². The summed E-state index contributed by atoms with van der Waals surface area (Å²) < 4.78 is 0. The Morgan fingerprint density at radius 2 is 1.50 bits per heavy atom. The number of carbonyl (C=O) groups excluding carboxylic acids is 1. The maximum absolute atomic E-state index is 12.3. The molecule has 2 aromatic rings. The van der Waals surface area contributed by atoms with Crippen molar-refractivity contribution in [1.29, 1.82) is 0 Å². The summed E-state index contributed by atoms with van der Waals surface area (Å²) in [5.74, 6) is -0.0835. The van der Waals surface area contributed by atoms with Crippen LogP contribution in [0, 0.1) is 13.8 Å². The number of halogens is 2. The van der Waals surface area contributed by atoms with Gasteiger partial charge in [0.05, 0.1) is 5.02 Å². The molecule has 0 aromatic heterocycles. The van der Waals surface area contributed by atoms with Gasteiger partial charge in [0.2, 0.25) is 0 Å². The number of benzene rings is 2. The molecule has 0 bridgehead atoms. The van der Waals surface area contributed by atoms with E-state index in [1.807, 2.05) is 26.0 Å². The van der Waals surface area contributed by atoms with Gasteiger partial charge in [0.1, 0.15) is 0 Å². The summed E-state index contributed by atoms with van der Waals surface area (Å²) in [7, 11) is 0. The van der Waals surface area contributed by atoms with Gasteiger partial charge in [0.25, 0.3) is 0 Å². The number of hydrogen-bond donors (Lipinski definition) is 0. The molecule has 3 heteroatoms. The average molecular weight is 279 g/mol. The summed E-state index contributed by atoms with van der Waals surface area (Å²) in [4.78, 5) is 12.3. The average Bonchev–Trinajstić information content (AvgIpc) is 2.34. The van der Waals surface area contributed by atoms with Crippen LogP contribution < -0.4 is 0 Å². The fourth-order valence-electron chi connectivity index (χ4n) is 1.71. The first-order valence-corrected chi connectivity index (χ1v) is 6.31. The van der Waals surface area contributed by atoms with Gasteiger partial charge in [-0.1, -0.05) is 23.2 Å². The third-order valence-electron chi connectivity index (χ3n) is 2.93. The van der Waals surface area contributed by atoms with Crippen molar-refractivity contribution in [2.45, 2.75) is 13.8 Å². The lowest BCUT2D eigenvalue weighted by molar-refractivity contribution is 0.103. The van der Waals surface area contributed by atoms with Crippen molar-refractivity contribution < 1.29 is 4.79 Å². The molecule has 92 valence electrons. The summed E-state index contributed by atoms with van der Waals surface area (Å²) >= 11 is 11.9. The molecule has 0 heterocycles. The quantitative estimate of drug-likeness (QED) is 0.719. The molecule has 0 aliphatic carbocycles. The topological polar surface area (TPSA) is 17.1 Å². The molecular weight excluding hydrogens is 267 g/mol. The minimum absolute atomic E-state index is 0.0835. The molecule has 0 N–H and O–H groups in total. The lowest BCUT2D eigenvalue weighted by atomic mass is 9.99. The second-order valence-corrected chi connectivity index (χ2v) is 5.10. The molecule has 2 rings (SSSR count). The van der Waals surface area contributed by atoms with Crippen molar-refractivity contribution in [3.63, 3.8) is 0 Å². The normalized spacial score (nSPS) is 10.4. The number of ketones is 1. The molecule has 18 heavy (non-hydrogen) atoms. The number of aryl methyl sites for hydroxylation is 2. The smallest absolute Gasteiger partial charge is 0.194 e. The fourth-order valence-corrected chi connectivity index (χ4v) is 2.14. The lowest BCUT2D eigenvalue weighted by Crippen LogP contribution is -2.03. The molecule has 0 aliphatic heterocycles. The van der Waals surface area contributed by atoms with E-state index in [2.05, 4.69) is 0 Å². The lowest BCUT2D eigenvalue weighted by Gasteiger charge is -2.07. The zero-order valence-electron chi connectivity index (χ0n) is 10.1. The highest BCUT2D eigenvalue weighted by atomic mass is 35.5. The van der Waals surface area contributed by atoms with Crippen LogP contribution in [-0.2, 0) is 0 Å². The Balaban J connectivity index is 2.46. The molecule has 0 atom stereocenters. The van der Waals surface area contributed by atoms with E-state index in [0.717, 1.165) is 11.1 Å². The van der Waals surface area contributed by atoms with Gasteiger partial charge in [-0.25, -0.2) is 0 Å². The van der Waals surface area contributed by atoms with Gasteiger partial charge in [-0.3, -0.25) is 4.79 Å². The minimum atomic E-state index is -0.0835. The summed E-state index contributed by atoms with van der Waals surface area (Å²) in [5.41, 5.74) is 3.25. The zero-order chi connectivity index (χ0) is 13.3. The van der Waals surface area contributed by atoms with Crippen molar-refractivity contribution in [1.82, 2.24) is 0 Å². The maximum Gasteiger partial charge on any atom is 0.194 e. The highest BCUT2D eigenvalue weighted by Gasteiger charge is 2.14. The van der Waals surface area contributed by atoms with E-state index in [1.54, 1.807) is 24.3 Å². The monoisotopic (exact) mass is 278 g/mol. The van der Waals surface area contributed by atoms with Gasteiger partial charge in [0, 0.05) is 16.1 Å². The van der Waals surface area contributed by atoms with Crippen LogP contribution >= 0.6 is 23.2 Å². The van der Waals surface area contributed by atoms with Crippen LogP contribution in [-0.4, -0.2) is 5.78 Å². The minimum Gasteiger partial charge on any atom is -0.289 e. The molecule has 0 radical (unpaired) electrons. The number of carbonyl (C=O) groups is 1. The predicted octanol–water partition coefficient (Wildman–Crippen LogP) is 4.84. The van der Waals surface area contributed by atoms with E-state index < -0.39 is 0 Å². The van der Waals surface area contributed by atoms with Crippen molar-refractivity contribution in [2.75, 3.05) is 0 Å². The van der Waals surface area contributed by atoms with Gasteiger partial charge < -0.3 is 0 Å². The van der Waals surface area contributed by atoms with Crippen molar-refractivity contribution in [2.24, 2.45) is 0 Å². The van der Waals surface area contributed by atoms with Gasteiger partial charge >= 0.3 is 0 Å². The first kappa shape index (κ1) is 13.1. The Kier molecular flexibility index (Phi) is 3.74.